The molecule has 0 saturated carbocycles. The average Bonchev–Trinajstić information content (AvgIpc) is 3.68. The molecule has 3 atom stereocenters. The predicted molar refractivity (Wildman–Crippen MR) is 177 cm³/mol. The van der Waals surface area contributed by atoms with Crippen molar-refractivity contribution in [2.75, 3.05) is 64.6 Å². The Morgan fingerprint density at radius 1 is 1.00 bits per heavy atom. The Morgan fingerprint density at radius 2 is 1.71 bits per heavy atom. The summed E-state index contributed by atoms with van der Waals surface area (Å²) in [5, 5.41) is 6.28. The minimum absolute atomic E-state index is 0.0427. The molecule has 0 radical (unpaired) electrons. The quantitative estimate of drug-likeness (QED) is 0.205. The van der Waals surface area contributed by atoms with E-state index in [9.17, 15) is 17.6 Å². The summed E-state index contributed by atoms with van der Waals surface area (Å²) in [5.41, 5.74) is 1.04. The van der Waals surface area contributed by atoms with Crippen molar-refractivity contribution in [1.29, 1.82) is 0 Å². The number of pyridine rings is 1. The minimum atomic E-state index is -5.02. The van der Waals surface area contributed by atoms with Gasteiger partial charge in [0.05, 0.1) is 37.7 Å². The summed E-state index contributed by atoms with van der Waals surface area (Å²) in [6, 6.07) is 1.25. The van der Waals surface area contributed by atoms with Gasteiger partial charge in [-0.05, 0) is 58.5 Å². The highest BCUT2D eigenvalue weighted by Crippen LogP contribution is 2.44. The van der Waals surface area contributed by atoms with Crippen LogP contribution >= 0.6 is 0 Å². The number of rotatable bonds is 2. The van der Waals surface area contributed by atoms with Crippen LogP contribution < -0.4 is 25.8 Å². The fourth-order valence-corrected chi connectivity index (χ4v) is 5.81. The van der Waals surface area contributed by atoms with Crippen molar-refractivity contribution in [1.82, 2.24) is 25.2 Å². The van der Waals surface area contributed by atoms with E-state index in [0.29, 0.717) is 32.1 Å². The zero-order valence-corrected chi connectivity index (χ0v) is 28.9. The summed E-state index contributed by atoms with van der Waals surface area (Å²) in [7, 11) is 3.46. The summed E-state index contributed by atoms with van der Waals surface area (Å²) >= 11 is 0. The van der Waals surface area contributed by atoms with Crippen LogP contribution in [0, 0.1) is 24.5 Å². The Bertz CT molecular complexity index is 1530. The van der Waals surface area contributed by atoms with E-state index in [2.05, 4.69) is 37.5 Å². The molecule has 3 aromatic rings. The van der Waals surface area contributed by atoms with Gasteiger partial charge in [-0.25, -0.2) is 13.8 Å². The fraction of sp³-hybridized carbons (Fsp3) is 0.606. The highest BCUT2D eigenvalue weighted by atomic mass is 19.4. The summed E-state index contributed by atoms with van der Waals surface area (Å²) in [5.74, 6) is -1.61. The standard InChI is InChI=1S/C22H23F5N6O2.C7H13NO.2C2H6/c1-9-4-5-29-6-7-30-19-13-18(32-21(33-19)34-3)16(24)17(31-20(13)35-9)11-8-12(28)15(23)10(2)14(11)22(25,26)27;1-8-3-2-6-4-9-5-7(6)8;2*1-2/h8-9,29H,4-7,28H2,1-3H3,(H,30,32,33);6-7H,2-5H2,1H3;2*1-2H3. The SMILES string of the molecule is CC.CC.CN1CCC2COCC21.COc1nc2c3c(nc(-c4cc(N)c(F)c(C)c4C(F)(F)F)c(F)c3n1)OC(C)CCNCCN2. The molecule has 3 unspecified atom stereocenters. The lowest BCUT2D eigenvalue weighted by molar-refractivity contribution is -0.137. The molecule has 10 nitrogen and oxygen atoms in total. The van der Waals surface area contributed by atoms with Crippen molar-refractivity contribution in [3.63, 3.8) is 0 Å². The van der Waals surface area contributed by atoms with Crippen molar-refractivity contribution in [3.05, 3.63) is 28.8 Å². The monoisotopic (exact) mass is 685 g/mol. The second kappa shape index (κ2) is 17.2. The van der Waals surface area contributed by atoms with Gasteiger partial charge >= 0.3 is 12.2 Å². The average molecular weight is 686 g/mol. The van der Waals surface area contributed by atoms with Gasteiger partial charge < -0.3 is 35.5 Å². The van der Waals surface area contributed by atoms with Gasteiger partial charge in [-0.3, -0.25) is 0 Å². The molecule has 268 valence electrons. The number of nitrogen functional groups attached to an aromatic ring is 1. The molecule has 2 aromatic heterocycles. The topological polar surface area (TPSA) is 120 Å². The van der Waals surface area contributed by atoms with Crippen molar-refractivity contribution in [3.8, 4) is 23.1 Å². The van der Waals surface area contributed by atoms with Crippen molar-refractivity contribution >= 4 is 22.4 Å². The lowest BCUT2D eigenvalue weighted by Gasteiger charge is -2.21. The third-order valence-corrected chi connectivity index (χ3v) is 8.20. The van der Waals surface area contributed by atoms with Crippen LogP contribution in [0.25, 0.3) is 22.2 Å². The predicted octanol–water partition coefficient (Wildman–Crippen LogP) is 6.45. The minimum Gasteiger partial charge on any atom is -0.474 e. The number of alkyl halides is 3. The molecule has 3 aliphatic heterocycles. The molecule has 15 heteroatoms. The van der Waals surface area contributed by atoms with Gasteiger partial charge in [0.1, 0.15) is 28.2 Å². The highest BCUT2D eigenvalue weighted by molar-refractivity contribution is 5.96. The van der Waals surface area contributed by atoms with Gasteiger partial charge in [-0.2, -0.15) is 23.1 Å². The van der Waals surface area contributed by atoms with Gasteiger partial charge in [0.15, 0.2) is 5.82 Å². The summed E-state index contributed by atoms with van der Waals surface area (Å²) in [4.78, 5) is 14.8. The molecule has 2 saturated heterocycles. The van der Waals surface area contributed by atoms with Gasteiger partial charge in [-0.1, -0.05) is 27.7 Å². The molecule has 0 spiro atoms. The van der Waals surface area contributed by atoms with E-state index in [1.165, 1.54) is 20.1 Å². The van der Waals surface area contributed by atoms with Gasteiger partial charge in [0, 0.05) is 30.6 Å². The van der Waals surface area contributed by atoms with E-state index in [-0.39, 0.29) is 28.6 Å². The van der Waals surface area contributed by atoms with E-state index >= 15 is 4.39 Å². The number of aromatic nitrogens is 3. The van der Waals surface area contributed by atoms with Crippen LogP contribution in [0.1, 0.15) is 58.6 Å². The maximum atomic E-state index is 15.9. The number of halogens is 5. The molecule has 48 heavy (non-hydrogen) atoms. The zero-order valence-electron chi connectivity index (χ0n) is 28.9. The smallest absolute Gasteiger partial charge is 0.417 e. The first-order valence-corrected chi connectivity index (χ1v) is 16.4. The van der Waals surface area contributed by atoms with Crippen LogP contribution in [0.5, 0.6) is 11.9 Å². The van der Waals surface area contributed by atoms with Crippen molar-refractivity contribution in [2.24, 2.45) is 5.92 Å². The first kappa shape index (κ1) is 38.9. The lowest BCUT2D eigenvalue weighted by atomic mass is 9.96. The van der Waals surface area contributed by atoms with Crippen LogP contribution in [-0.2, 0) is 10.9 Å². The van der Waals surface area contributed by atoms with Crippen molar-refractivity contribution in [2.45, 2.75) is 72.7 Å². The Kier molecular flexibility index (Phi) is 13.9. The molecule has 0 amide bonds. The Balaban J connectivity index is 0.000000403. The van der Waals surface area contributed by atoms with Gasteiger partial charge in [0.25, 0.3) is 0 Å². The molecule has 1 aromatic carbocycles. The van der Waals surface area contributed by atoms with E-state index in [1.807, 2.05) is 27.7 Å². The Labute approximate surface area is 278 Å². The number of methoxy groups -OCH3 is 1. The number of hydrogen-bond donors (Lipinski definition) is 3. The lowest BCUT2D eigenvalue weighted by Crippen LogP contribution is -2.28. The number of anilines is 2. The molecule has 6 rings (SSSR count). The van der Waals surface area contributed by atoms with Gasteiger partial charge in [-0.15, -0.1) is 0 Å². The number of nitrogens with one attached hydrogen (secondary N) is 2. The van der Waals surface area contributed by atoms with E-state index in [4.69, 9.17) is 19.9 Å². The van der Waals surface area contributed by atoms with E-state index in [1.54, 1.807) is 6.92 Å². The summed E-state index contributed by atoms with van der Waals surface area (Å²) in [6.07, 6.45) is -3.57. The fourth-order valence-electron chi connectivity index (χ4n) is 5.81. The molecule has 2 fully saturated rings. The molecule has 0 aliphatic carbocycles. The number of nitrogens with zero attached hydrogens (tertiary/aromatic N) is 4. The first-order chi connectivity index (χ1) is 22.9. The molecule has 4 N–H and O–H groups in total. The summed E-state index contributed by atoms with van der Waals surface area (Å²) in [6.45, 7) is 15.5. The number of hydrogen-bond acceptors (Lipinski definition) is 10. The van der Waals surface area contributed by atoms with Crippen LogP contribution in [0.15, 0.2) is 6.07 Å². The number of nitrogens with two attached hydrogens (primary N) is 1. The molecule has 5 heterocycles. The molecular weight excluding hydrogens is 637 g/mol. The molecule has 3 aliphatic rings. The largest absolute Gasteiger partial charge is 0.474 e. The number of likely N-dealkylation sites (N-methyl/N-ethyl adjacent to an activating group) is 1. The second-order valence-electron chi connectivity index (χ2n) is 11.2. The highest BCUT2D eigenvalue weighted by Gasteiger charge is 2.39. The van der Waals surface area contributed by atoms with Crippen LogP contribution in [-0.4, -0.2) is 85.5 Å². The molecular formula is C33H48F5N7O3. The van der Waals surface area contributed by atoms with E-state index < -0.39 is 52.0 Å². The van der Waals surface area contributed by atoms with Crippen molar-refractivity contribution < 1.29 is 36.2 Å². The van der Waals surface area contributed by atoms with Crippen LogP contribution in [0.2, 0.25) is 0 Å². The van der Waals surface area contributed by atoms with Gasteiger partial charge in [0.2, 0.25) is 5.88 Å². The maximum absolute atomic E-state index is 15.9. The maximum Gasteiger partial charge on any atom is 0.417 e. The Hall–Kier alpha value is -3.56. The summed E-state index contributed by atoms with van der Waals surface area (Å²) < 4.78 is 88.6. The Morgan fingerprint density at radius 3 is 2.35 bits per heavy atom. The van der Waals surface area contributed by atoms with E-state index in [0.717, 1.165) is 32.1 Å². The zero-order chi connectivity index (χ0) is 35.8. The number of benzene rings is 1. The first-order valence-electron chi connectivity index (χ1n) is 16.4. The number of likely N-dealkylation sites (tertiary alicyclic amines) is 1. The third kappa shape index (κ3) is 8.53. The number of ether oxygens (including phenoxy) is 3. The van der Waals surface area contributed by atoms with Crippen LogP contribution in [0.3, 0.4) is 0 Å². The molecule has 0 bridgehead atoms. The number of fused-ring (bicyclic) bond motifs is 1. The second-order valence-corrected chi connectivity index (χ2v) is 11.2. The third-order valence-electron chi connectivity index (χ3n) is 8.20. The normalized spacial score (nSPS) is 20.7. The van der Waals surface area contributed by atoms with Crippen LogP contribution in [0.4, 0.5) is 33.5 Å².